The fraction of sp³-hybridized carbons (Fsp3) is 0.632. The van der Waals surface area contributed by atoms with Crippen molar-refractivity contribution in [2.75, 3.05) is 13.7 Å². The van der Waals surface area contributed by atoms with Gasteiger partial charge in [-0.2, -0.15) is 0 Å². The quantitative estimate of drug-likeness (QED) is 0.892. The van der Waals surface area contributed by atoms with Crippen molar-refractivity contribution in [1.29, 1.82) is 0 Å². The molecule has 0 unspecified atom stereocenters. The average molecular weight is 332 g/mol. The predicted molar refractivity (Wildman–Crippen MR) is 93.8 cm³/mol. The summed E-state index contributed by atoms with van der Waals surface area (Å²) in [5, 5.41) is 6.21. The normalized spacial score (nSPS) is 21.6. The van der Waals surface area contributed by atoms with Crippen LogP contribution in [0, 0.1) is 0 Å². The van der Waals surface area contributed by atoms with E-state index in [1.807, 2.05) is 18.2 Å². The fourth-order valence-corrected chi connectivity index (χ4v) is 3.60. The van der Waals surface area contributed by atoms with Crippen molar-refractivity contribution in [2.45, 2.75) is 63.5 Å². The molecule has 1 saturated carbocycles. The number of hydrogen-bond donors (Lipinski definition) is 2. The summed E-state index contributed by atoms with van der Waals surface area (Å²) >= 11 is 0. The van der Waals surface area contributed by atoms with Gasteiger partial charge < -0.3 is 20.1 Å². The highest BCUT2D eigenvalue weighted by atomic mass is 16.5. The molecule has 5 nitrogen and oxygen atoms in total. The summed E-state index contributed by atoms with van der Waals surface area (Å²) < 4.78 is 11.0. The van der Waals surface area contributed by atoms with E-state index >= 15 is 0 Å². The van der Waals surface area contributed by atoms with Crippen LogP contribution in [0.25, 0.3) is 0 Å². The Hall–Kier alpha value is -1.91. The Morgan fingerprint density at radius 2 is 1.79 bits per heavy atom. The number of amides is 2. The van der Waals surface area contributed by atoms with Gasteiger partial charge in [0.05, 0.1) is 13.2 Å². The molecule has 2 amide bonds. The summed E-state index contributed by atoms with van der Waals surface area (Å²) in [5.74, 6) is 1.70. The number of ether oxygens (including phenoxy) is 2. The minimum Gasteiger partial charge on any atom is -0.497 e. The van der Waals surface area contributed by atoms with Gasteiger partial charge in [0.1, 0.15) is 18.1 Å². The van der Waals surface area contributed by atoms with Crippen molar-refractivity contribution >= 4 is 6.03 Å². The summed E-state index contributed by atoms with van der Waals surface area (Å²) in [6.45, 7) is 0.511. The van der Waals surface area contributed by atoms with Gasteiger partial charge in [0.2, 0.25) is 0 Å². The second-order valence-electron chi connectivity index (χ2n) is 6.85. The molecule has 0 aromatic heterocycles. The summed E-state index contributed by atoms with van der Waals surface area (Å²) in [6.07, 6.45) is 9.29. The first kappa shape index (κ1) is 16.9. The third-order valence-corrected chi connectivity index (χ3v) is 4.95. The molecule has 2 aliphatic rings. The lowest BCUT2D eigenvalue weighted by Gasteiger charge is -2.28. The first-order valence-corrected chi connectivity index (χ1v) is 9.11. The van der Waals surface area contributed by atoms with Crippen molar-refractivity contribution in [3.8, 4) is 11.5 Å². The van der Waals surface area contributed by atoms with Crippen molar-refractivity contribution in [3.05, 3.63) is 23.8 Å². The van der Waals surface area contributed by atoms with Gasteiger partial charge in [-0.25, -0.2) is 4.79 Å². The van der Waals surface area contributed by atoms with E-state index in [0.29, 0.717) is 12.6 Å². The number of hydrogen-bond acceptors (Lipinski definition) is 3. The van der Waals surface area contributed by atoms with Gasteiger partial charge in [0, 0.05) is 6.04 Å². The lowest BCUT2D eigenvalue weighted by molar-refractivity contribution is 0.209. The van der Waals surface area contributed by atoms with E-state index in [2.05, 4.69) is 10.6 Å². The zero-order valence-electron chi connectivity index (χ0n) is 14.5. The number of methoxy groups -OCH3 is 1. The lowest BCUT2D eigenvalue weighted by atomic mass is 9.97. The maximum absolute atomic E-state index is 12.3. The fourth-order valence-electron chi connectivity index (χ4n) is 3.60. The summed E-state index contributed by atoms with van der Waals surface area (Å²) in [5.41, 5.74) is 1.08. The summed E-state index contributed by atoms with van der Waals surface area (Å²) in [6, 6.07) is 6.05. The molecule has 1 aliphatic carbocycles. The number of benzene rings is 1. The van der Waals surface area contributed by atoms with Crippen LogP contribution in [0.5, 0.6) is 11.5 Å². The van der Waals surface area contributed by atoms with E-state index in [-0.39, 0.29) is 12.1 Å². The second kappa shape index (κ2) is 8.27. The van der Waals surface area contributed by atoms with Crippen molar-refractivity contribution < 1.29 is 14.3 Å². The van der Waals surface area contributed by atoms with Crippen LogP contribution in [-0.4, -0.2) is 31.8 Å². The van der Waals surface area contributed by atoms with E-state index in [9.17, 15) is 4.79 Å². The van der Waals surface area contributed by atoms with Crippen LogP contribution in [-0.2, 0) is 6.42 Å². The monoisotopic (exact) mass is 332 g/mol. The van der Waals surface area contributed by atoms with E-state index in [0.717, 1.165) is 36.3 Å². The molecule has 3 rings (SSSR count). The number of carbonyl (C=O) groups is 1. The molecule has 0 saturated heterocycles. The number of urea groups is 1. The van der Waals surface area contributed by atoms with Gasteiger partial charge in [-0.3, -0.25) is 0 Å². The summed E-state index contributed by atoms with van der Waals surface area (Å²) in [4.78, 5) is 12.3. The zero-order chi connectivity index (χ0) is 16.8. The van der Waals surface area contributed by atoms with Crippen LogP contribution in [0.3, 0.4) is 0 Å². The molecule has 24 heavy (non-hydrogen) atoms. The first-order chi connectivity index (χ1) is 11.7. The highest BCUT2D eigenvalue weighted by Gasteiger charge is 2.23. The Bertz CT molecular complexity index is 554. The smallest absolute Gasteiger partial charge is 0.315 e. The number of rotatable bonds is 3. The Morgan fingerprint density at radius 3 is 2.54 bits per heavy atom. The SMILES string of the molecule is COc1ccc2c(c1)C[C@H](NC(=O)NC1CCCCCCC1)CO2. The molecule has 1 aliphatic heterocycles. The molecule has 1 aromatic rings. The van der Waals surface area contributed by atoms with E-state index in [4.69, 9.17) is 9.47 Å². The van der Waals surface area contributed by atoms with Gasteiger partial charge in [-0.1, -0.05) is 32.1 Å². The Labute approximate surface area is 144 Å². The lowest BCUT2D eigenvalue weighted by Crippen LogP contribution is -2.50. The molecule has 132 valence electrons. The van der Waals surface area contributed by atoms with Gasteiger partial charge in [-0.05, 0) is 43.0 Å². The zero-order valence-corrected chi connectivity index (χ0v) is 14.5. The van der Waals surface area contributed by atoms with Crippen molar-refractivity contribution in [3.63, 3.8) is 0 Å². The average Bonchev–Trinajstić information content (AvgIpc) is 2.56. The van der Waals surface area contributed by atoms with Crippen LogP contribution in [0.1, 0.15) is 50.5 Å². The van der Waals surface area contributed by atoms with Crippen LogP contribution in [0.4, 0.5) is 4.79 Å². The summed E-state index contributed by atoms with van der Waals surface area (Å²) in [7, 11) is 1.66. The van der Waals surface area contributed by atoms with Gasteiger partial charge in [-0.15, -0.1) is 0 Å². The Balaban J connectivity index is 1.51. The van der Waals surface area contributed by atoms with Crippen molar-refractivity contribution in [1.82, 2.24) is 10.6 Å². The largest absolute Gasteiger partial charge is 0.497 e. The topological polar surface area (TPSA) is 59.6 Å². The standard InChI is InChI=1S/C19H28N2O3/c1-23-17-9-10-18-14(12-17)11-16(13-24-18)21-19(22)20-15-7-5-3-2-4-6-8-15/h9-10,12,15-16H,2-8,11,13H2,1H3,(H2,20,21,22)/t16-/m0/s1. The van der Waals surface area contributed by atoms with Gasteiger partial charge >= 0.3 is 6.03 Å². The molecule has 1 fully saturated rings. The maximum atomic E-state index is 12.3. The molecule has 5 heteroatoms. The van der Waals surface area contributed by atoms with Crippen LogP contribution in [0.15, 0.2) is 18.2 Å². The molecule has 0 spiro atoms. The molecule has 0 bridgehead atoms. The highest BCUT2D eigenvalue weighted by Crippen LogP contribution is 2.28. The van der Waals surface area contributed by atoms with Crippen LogP contribution < -0.4 is 20.1 Å². The highest BCUT2D eigenvalue weighted by molar-refractivity contribution is 5.74. The molecular formula is C19H28N2O3. The first-order valence-electron chi connectivity index (χ1n) is 9.11. The minimum atomic E-state index is -0.0690. The third-order valence-electron chi connectivity index (χ3n) is 4.95. The number of carbonyl (C=O) groups excluding carboxylic acids is 1. The van der Waals surface area contributed by atoms with Crippen LogP contribution in [0.2, 0.25) is 0 Å². The van der Waals surface area contributed by atoms with E-state index in [1.54, 1.807) is 7.11 Å². The van der Waals surface area contributed by atoms with Crippen LogP contribution >= 0.6 is 0 Å². The third kappa shape index (κ3) is 4.56. The number of nitrogens with one attached hydrogen (secondary N) is 2. The predicted octanol–water partition coefficient (Wildman–Crippen LogP) is 3.41. The Kier molecular flexibility index (Phi) is 5.83. The molecule has 1 atom stereocenters. The molecule has 1 aromatic carbocycles. The minimum absolute atomic E-state index is 0.00170. The van der Waals surface area contributed by atoms with E-state index < -0.39 is 0 Å². The molecule has 1 heterocycles. The van der Waals surface area contributed by atoms with Crippen molar-refractivity contribution in [2.24, 2.45) is 0 Å². The second-order valence-corrected chi connectivity index (χ2v) is 6.85. The maximum Gasteiger partial charge on any atom is 0.315 e. The molecular weight excluding hydrogens is 304 g/mol. The number of fused-ring (bicyclic) bond motifs is 1. The van der Waals surface area contributed by atoms with E-state index in [1.165, 1.54) is 32.1 Å². The molecule has 0 radical (unpaired) electrons. The molecule has 2 N–H and O–H groups in total. The van der Waals surface area contributed by atoms with Gasteiger partial charge in [0.25, 0.3) is 0 Å². The van der Waals surface area contributed by atoms with Gasteiger partial charge in [0.15, 0.2) is 0 Å². The Morgan fingerprint density at radius 1 is 1.08 bits per heavy atom.